The van der Waals surface area contributed by atoms with Crippen LogP contribution in [0.1, 0.15) is 32.6 Å². The van der Waals surface area contributed by atoms with Crippen molar-refractivity contribution >= 4 is 12.3 Å². The summed E-state index contributed by atoms with van der Waals surface area (Å²) in [4.78, 5) is 20.6. The fourth-order valence-corrected chi connectivity index (χ4v) is 1.63. The van der Waals surface area contributed by atoms with Gasteiger partial charge in [0.25, 0.3) is 0 Å². The predicted molar refractivity (Wildman–Crippen MR) is 43.6 cm³/mol. The van der Waals surface area contributed by atoms with Gasteiger partial charge >= 0.3 is 5.97 Å². The number of rotatable bonds is 2. The molecule has 0 heterocycles. The molecule has 0 aromatic carbocycles. The summed E-state index contributed by atoms with van der Waals surface area (Å²) in [6.07, 6.45) is 4.51. The Labute approximate surface area is 72.1 Å². The second-order valence-corrected chi connectivity index (χ2v) is 3.35. The maximum Gasteiger partial charge on any atom is 0.371 e. The highest BCUT2D eigenvalue weighted by atomic mass is 16.5. The Kier molecular flexibility index (Phi) is 3.26. The molecular formula is C9H14O3. The number of esters is 1. The molecule has 12 heavy (non-hydrogen) atoms. The molecule has 2 unspecified atom stereocenters. The molecule has 0 aromatic heterocycles. The van der Waals surface area contributed by atoms with E-state index in [9.17, 15) is 9.59 Å². The van der Waals surface area contributed by atoms with Crippen molar-refractivity contribution in [3.8, 4) is 0 Å². The lowest BCUT2D eigenvalue weighted by molar-refractivity contribution is -0.156. The van der Waals surface area contributed by atoms with Crippen LogP contribution >= 0.6 is 0 Å². The van der Waals surface area contributed by atoms with E-state index in [2.05, 4.69) is 6.92 Å². The smallest absolute Gasteiger partial charge is 0.371 e. The van der Waals surface area contributed by atoms with Gasteiger partial charge in [-0.2, -0.15) is 0 Å². The van der Waals surface area contributed by atoms with Gasteiger partial charge in [-0.15, -0.1) is 0 Å². The van der Waals surface area contributed by atoms with E-state index in [1.165, 1.54) is 6.42 Å². The Bertz CT molecular complexity index is 177. The molecule has 0 saturated heterocycles. The van der Waals surface area contributed by atoms with Gasteiger partial charge in [-0.1, -0.05) is 13.3 Å². The number of hydrogen-bond donors (Lipinski definition) is 0. The van der Waals surface area contributed by atoms with Crippen molar-refractivity contribution in [2.45, 2.75) is 38.7 Å². The Balaban J connectivity index is 2.38. The molecule has 3 heteroatoms. The van der Waals surface area contributed by atoms with Crippen LogP contribution in [0.25, 0.3) is 0 Å². The van der Waals surface area contributed by atoms with E-state index in [4.69, 9.17) is 4.74 Å². The van der Waals surface area contributed by atoms with E-state index in [-0.39, 0.29) is 12.4 Å². The quantitative estimate of drug-likeness (QED) is 0.356. The molecule has 0 bridgehead atoms. The van der Waals surface area contributed by atoms with Gasteiger partial charge < -0.3 is 4.74 Å². The van der Waals surface area contributed by atoms with Gasteiger partial charge in [0.2, 0.25) is 6.29 Å². The molecule has 0 N–H and O–H groups in total. The van der Waals surface area contributed by atoms with E-state index in [0.717, 1.165) is 19.3 Å². The highest BCUT2D eigenvalue weighted by Gasteiger charge is 2.24. The Morgan fingerprint density at radius 2 is 2.08 bits per heavy atom. The number of carbonyl (C=O) groups excluding carboxylic acids is 2. The molecule has 1 aliphatic rings. The van der Waals surface area contributed by atoms with Crippen LogP contribution < -0.4 is 0 Å². The van der Waals surface area contributed by atoms with Gasteiger partial charge in [0.05, 0.1) is 0 Å². The number of carbonyl (C=O) groups is 2. The molecule has 0 aromatic rings. The van der Waals surface area contributed by atoms with Gasteiger partial charge in [0, 0.05) is 0 Å². The molecule has 0 amide bonds. The summed E-state index contributed by atoms with van der Waals surface area (Å²) in [6, 6.07) is 0. The summed E-state index contributed by atoms with van der Waals surface area (Å²) in [5.74, 6) is -0.323. The first-order valence-corrected chi connectivity index (χ1v) is 4.40. The highest BCUT2D eigenvalue weighted by molar-refractivity contribution is 6.20. The minimum Gasteiger partial charge on any atom is -0.457 e. The Morgan fingerprint density at radius 1 is 1.42 bits per heavy atom. The molecule has 1 saturated carbocycles. The zero-order valence-corrected chi connectivity index (χ0v) is 7.29. The van der Waals surface area contributed by atoms with Crippen LogP contribution in [0.4, 0.5) is 0 Å². The normalized spacial score (nSPS) is 29.4. The minimum absolute atomic E-state index is 0.0311. The standard InChI is InChI=1S/C9H14O3/c1-7-4-2-3-5-8(7)12-9(11)6-10/h6-8H,2-5H2,1H3. The largest absolute Gasteiger partial charge is 0.457 e. The van der Waals surface area contributed by atoms with E-state index in [0.29, 0.717) is 5.92 Å². The molecule has 3 nitrogen and oxygen atoms in total. The molecule has 1 aliphatic carbocycles. The highest BCUT2D eigenvalue weighted by Crippen LogP contribution is 2.25. The molecule has 0 radical (unpaired) electrons. The lowest BCUT2D eigenvalue weighted by Gasteiger charge is -2.27. The molecule has 0 aliphatic heterocycles. The Hall–Kier alpha value is -0.860. The van der Waals surface area contributed by atoms with Crippen LogP contribution in [0.5, 0.6) is 0 Å². The second kappa shape index (κ2) is 4.24. The van der Waals surface area contributed by atoms with Crippen molar-refractivity contribution in [1.82, 2.24) is 0 Å². The van der Waals surface area contributed by atoms with Crippen molar-refractivity contribution in [3.63, 3.8) is 0 Å². The molecule has 1 fully saturated rings. The average molecular weight is 170 g/mol. The second-order valence-electron chi connectivity index (χ2n) is 3.35. The van der Waals surface area contributed by atoms with Crippen molar-refractivity contribution in [1.29, 1.82) is 0 Å². The van der Waals surface area contributed by atoms with Gasteiger partial charge in [-0.25, -0.2) is 4.79 Å². The third kappa shape index (κ3) is 2.32. The van der Waals surface area contributed by atoms with Crippen LogP contribution in [0.15, 0.2) is 0 Å². The summed E-state index contributed by atoms with van der Waals surface area (Å²) in [6.45, 7) is 2.06. The van der Waals surface area contributed by atoms with Crippen LogP contribution in [-0.4, -0.2) is 18.4 Å². The third-order valence-electron chi connectivity index (χ3n) is 2.40. The van der Waals surface area contributed by atoms with E-state index >= 15 is 0 Å². The van der Waals surface area contributed by atoms with Crippen LogP contribution in [-0.2, 0) is 14.3 Å². The average Bonchev–Trinajstić information content (AvgIpc) is 2.09. The van der Waals surface area contributed by atoms with Crippen LogP contribution in [0.3, 0.4) is 0 Å². The van der Waals surface area contributed by atoms with Crippen molar-refractivity contribution < 1.29 is 14.3 Å². The summed E-state index contributed by atoms with van der Waals surface area (Å²) >= 11 is 0. The van der Waals surface area contributed by atoms with E-state index in [1.54, 1.807) is 0 Å². The van der Waals surface area contributed by atoms with Crippen molar-refractivity contribution in [2.24, 2.45) is 5.92 Å². The molecule has 0 spiro atoms. The lowest BCUT2D eigenvalue weighted by Crippen LogP contribution is -2.28. The first-order chi connectivity index (χ1) is 5.74. The summed E-state index contributed by atoms with van der Waals surface area (Å²) < 4.78 is 4.95. The first kappa shape index (κ1) is 9.23. The molecular weight excluding hydrogens is 156 g/mol. The number of hydrogen-bond acceptors (Lipinski definition) is 3. The van der Waals surface area contributed by atoms with Gasteiger partial charge in [0.15, 0.2) is 0 Å². The summed E-state index contributed by atoms with van der Waals surface area (Å²) in [5.41, 5.74) is 0. The molecule has 68 valence electrons. The number of ether oxygens (including phenoxy) is 1. The zero-order chi connectivity index (χ0) is 8.97. The maximum absolute atomic E-state index is 10.6. The fourth-order valence-electron chi connectivity index (χ4n) is 1.63. The van der Waals surface area contributed by atoms with E-state index < -0.39 is 5.97 Å². The van der Waals surface area contributed by atoms with Gasteiger partial charge in [0.1, 0.15) is 6.10 Å². The zero-order valence-electron chi connectivity index (χ0n) is 7.29. The number of aldehydes is 1. The van der Waals surface area contributed by atoms with Gasteiger partial charge in [-0.3, -0.25) is 4.79 Å². The summed E-state index contributed by atoms with van der Waals surface area (Å²) in [7, 11) is 0. The van der Waals surface area contributed by atoms with Crippen molar-refractivity contribution in [2.75, 3.05) is 0 Å². The molecule has 1 rings (SSSR count). The van der Waals surface area contributed by atoms with Gasteiger partial charge in [-0.05, 0) is 25.2 Å². The maximum atomic E-state index is 10.6. The van der Waals surface area contributed by atoms with E-state index in [1.807, 2.05) is 0 Å². The fraction of sp³-hybridized carbons (Fsp3) is 0.778. The monoisotopic (exact) mass is 170 g/mol. The predicted octanol–water partition coefficient (Wildman–Crippen LogP) is 1.31. The Morgan fingerprint density at radius 3 is 2.67 bits per heavy atom. The lowest BCUT2D eigenvalue weighted by atomic mass is 9.88. The minimum atomic E-state index is -0.728. The van der Waals surface area contributed by atoms with Crippen LogP contribution in [0.2, 0.25) is 0 Å². The third-order valence-corrected chi connectivity index (χ3v) is 2.40. The topological polar surface area (TPSA) is 43.4 Å². The first-order valence-electron chi connectivity index (χ1n) is 4.40. The summed E-state index contributed by atoms with van der Waals surface area (Å²) in [5, 5.41) is 0. The molecule has 2 atom stereocenters. The van der Waals surface area contributed by atoms with Crippen molar-refractivity contribution in [3.05, 3.63) is 0 Å². The van der Waals surface area contributed by atoms with Crippen LogP contribution in [0, 0.1) is 5.92 Å². The SMILES string of the molecule is CC1CCCCC1OC(=O)C=O.